The number of aryl methyl sites for hydroxylation is 1. The van der Waals surface area contributed by atoms with E-state index in [2.05, 4.69) is 5.32 Å². The van der Waals surface area contributed by atoms with Crippen molar-refractivity contribution < 1.29 is 13.2 Å². The molecule has 2 atom stereocenters. The van der Waals surface area contributed by atoms with Crippen molar-refractivity contribution in [1.82, 2.24) is 9.62 Å². The summed E-state index contributed by atoms with van der Waals surface area (Å²) < 4.78 is 27.3. The molecule has 2 fully saturated rings. The Labute approximate surface area is 123 Å². The molecule has 0 spiro atoms. The molecule has 110 valence electrons. The maximum Gasteiger partial charge on any atom is 0.253 e. The third kappa shape index (κ3) is 2.38. The van der Waals surface area contributed by atoms with Gasteiger partial charge in [0.05, 0.1) is 6.54 Å². The lowest BCUT2D eigenvalue weighted by Crippen LogP contribution is -2.62. The molecule has 1 aromatic heterocycles. The van der Waals surface area contributed by atoms with Crippen molar-refractivity contribution in [2.45, 2.75) is 48.9 Å². The van der Waals surface area contributed by atoms with Gasteiger partial charge >= 0.3 is 0 Å². The van der Waals surface area contributed by atoms with Gasteiger partial charge < -0.3 is 5.32 Å². The lowest BCUT2D eigenvalue weighted by molar-refractivity contribution is -0.125. The zero-order chi connectivity index (χ0) is 14.3. The van der Waals surface area contributed by atoms with E-state index in [1.165, 1.54) is 15.6 Å². The first-order valence-corrected chi connectivity index (χ1v) is 9.12. The van der Waals surface area contributed by atoms with Gasteiger partial charge in [0, 0.05) is 17.0 Å². The zero-order valence-corrected chi connectivity index (χ0v) is 13.0. The molecule has 0 bridgehead atoms. The van der Waals surface area contributed by atoms with E-state index in [0.717, 1.165) is 30.6 Å². The van der Waals surface area contributed by atoms with Crippen LogP contribution in [0.25, 0.3) is 0 Å². The Morgan fingerprint density at radius 3 is 2.75 bits per heavy atom. The van der Waals surface area contributed by atoms with Gasteiger partial charge in [-0.1, -0.05) is 12.8 Å². The molecule has 1 amide bonds. The standard InChI is InChI=1S/C13H18N2O3S2/c1-9-6-7-13(19-9)20(17,18)15-8-12(16)14-10-4-2-3-5-11(10)15/h6-7,10-11H,2-5,8H2,1H3,(H,14,16)/t10-,11+/m0/s1. The van der Waals surface area contributed by atoms with E-state index in [4.69, 9.17) is 0 Å². The molecule has 0 radical (unpaired) electrons. The number of carbonyl (C=O) groups excluding carboxylic acids is 1. The van der Waals surface area contributed by atoms with Crippen molar-refractivity contribution in [3.05, 3.63) is 17.0 Å². The Balaban J connectivity index is 1.96. The summed E-state index contributed by atoms with van der Waals surface area (Å²) in [7, 11) is -3.55. The fourth-order valence-electron chi connectivity index (χ4n) is 3.07. The molecule has 0 aromatic carbocycles. The van der Waals surface area contributed by atoms with Gasteiger partial charge in [-0.25, -0.2) is 8.42 Å². The topological polar surface area (TPSA) is 66.5 Å². The Bertz CT molecular complexity index is 623. The second kappa shape index (κ2) is 5.13. The highest BCUT2D eigenvalue weighted by Gasteiger charge is 2.43. The van der Waals surface area contributed by atoms with Crippen LogP contribution >= 0.6 is 11.3 Å². The molecule has 0 unspecified atom stereocenters. The van der Waals surface area contributed by atoms with Crippen molar-refractivity contribution in [2.24, 2.45) is 0 Å². The Kier molecular flexibility index (Phi) is 3.60. The number of piperazine rings is 1. The second-order valence-electron chi connectivity index (χ2n) is 5.44. The molecule has 20 heavy (non-hydrogen) atoms. The van der Waals surface area contributed by atoms with Gasteiger partial charge in [0.1, 0.15) is 4.21 Å². The smallest absolute Gasteiger partial charge is 0.253 e. The van der Waals surface area contributed by atoms with Gasteiger partial charge in [-0.3, -0.25) is 4.79 Å². The Hall–Kier alpha value is -0.920. The molecule has 1 N–H and O–H groups in total. The Morgan fingerprint density at radius 1 is 1.30 bits per heavy atom. The predicted octanol–water partition coefficient (Wildman–Crippen LogP) is 1.49. The normalized spacial score (nSPS) is 27.9. The first-order valence-electron chi connectivity index (χ1n) is 6.86. The third-order valence-electron chi connectivity index (χ3n) is 4.02. The molecular weight excluding hydrogens is 296 g/mol. The van der Waals surface area contributed by atoms with Crippen molar-refractivity contribution in [2.75, 3.05) is 6.54 Å². The maximum atomic E-state index is 12.8. The number of sulfonamides is 1. The molecule has 1 aliphatic heterocycles. The highest BCUT2D eigenvalue weighted by atomic mass is 32.2. The first kappa shape index (κ1) is 14.0. The SMILES string of the molecule is Cc1ccc(S(=O)(=O)N2CC(=O)N[C@H]3CCCC[C@H]32)s1. The maximum absolute atomic E-state index is 12.8. The van der Waals surface area contributed by atoms with Crippen LogP contribution in [0.3, 0.4) is 0 Å². The molecule has 7 heteroatoms. The van der Waals surface area contributed by atoms with Crippen molar-refractivity contribution in [1.29, 1.82) is 0 Å². The number of rotatable bonds is 2. The minimum atomic E-state index is -3.55. The number of thiophene rings is 1. The third-order valence-corrected chi connectivity index (χ3v) is 7.36. The molecule has 1 aliphatic carbocycles. The Morgan fingerprint density at radius 2 is 2.05 bits per heavy atom. The summed E-state index contributed by atoms with van der Waals surface area (Å²) in [6.07, 6.45) is 3.76. The lowest BCUT2D eigenvalue weighted by Gasteiger charge is -2.42. The van der Waals surface area contributed by atoms with Gasteiger partial charge in [-0.15, -0.1) is 11.3 Å². The summed E-state index contributed by atoms with van der Waals surface area (Å²) in [5.41, 5.74) is 0. The van der Waals surface area contributed by atoms with Gasteiger partial charge in [0.2, 0.25) is 5.91 Å². The molecule has 1 aromatic rings. The van der Waals surface area contributed by atoms with Crippen LogP contribution < -0.4 is 5.32 Å². The largest absolute Gasteiger partial charge is 0.351 e. The van der Waals surface area contributed by atoms with Gasteiger partial charge in [0.15, 0.2) is 0 Å². The summed E-state index contributed by atoms with van der Waals surface area (Å²) in [6, 6.07) is 3.33. The number of amides is 1. The van der Waals surface area contributed by atoms with E-state index in [-0.39, 0.29) is 24.5 Å². The van der Waals surface area contributed by atoms with Crippen LogP contribution in [0.5, 0.6) is 0 Å². The van der Waals surface area contributed by atoms with Crippen molar-refractivity contribution in [3.8, 4) is 0 Å². The van der Waals surface area contributed by atoms with Crippen LogP contribution in [-0.4, -0.2) is 37.3 Å². The highest BCUT2D eigenvalue weighted by Crippen LogP contribution is 2.32. The number of carbonyl (C=O) groups is 1. The van der Waals surface area contributed by atoms with Crippen LogP contribution in [0, 0.1) is 6.92 Å². The summed E-state index contributed by atoms with van der Waals surface area (Å²) in [5.74, 6) is -0.190. The average molecular weight is 314 g/mol. The molecular formula is C13H18N2O3S2. The van der Waals surface area contributed by atoms with Crippen LogP contribution in [0.4, 0.5) is 0 Å². The number of hydrogen-bond acceptors (Lipinski definition) is 4. The quantitative estimate of drug-likeness (QED) is 0.899. The first-order chi connectivity index (χ1) is 9.48. The minimum Gasteiger partial charge on any atom is -0.351 e. The lowest BCUT2D eigenvalue weighted by atomic mass is 9.89. The van der Waals surface area contributed by atoms with Crippen LogP contribution in [0.15, 0.2) is 16.3 Å². The van der Waals surface area contributed by atoms with E-state index in [1.54, 1.807) is 12.1 Å². The molecule has 3 rings (SSSR count). The van der Waals surface area contributed by atoms with Crippen LogP contribution in [-0.2, 0) is 14.8 Å². The van der Waals surface area contributed by atoms with E-state index in [1.807, 2.05) is 6.92 Å². The molecule has 2 heterocycles. The zero-order valence-electron chi connectivity index (χ0n) is 11.3. The van der Waals surface area contributed by atoms with E-state index in [0.29, 0.717) is 4.21 Å². The number of nitrogens with one attached hydrogen (secondary N) is 1. The summed E-state index contributed by atoms with van der Waals surface area (Å²) in [6.45, 7) is 1.83. The monoisotopic (exact) mass is 314 g/mol. The summed E-state index contributed by atoms with van der Waals surface area (Å²) in [5, 5.41) is 2.94. The summed E-state index contributed by atoms with van der Waals surface area (Å²) in [4.78, 5) is 12.8. The van der Waals surface area contributed by atoms with Crippen LogP contribution in [0.2, 0.25) is 0 Å². The number of hydrogen-bond donors (Lipinski definition) is 1. The van der Waals surface area contributed by atoms with Crippen LogP contribution in [0.1, 0.15) is 30.6 Å². The van der Waals surface area contributed by atoms with E-state index in [9.17, 15) is 13.2 Å². The summed E-state index contributed by atoms with van der Waals surface area (Å²) >= 11 is 1.27. The van der Waals surface area contributed by atoms with E-state index < -0.39 is 10.0 Å². The fourth-order valence-corrected chi connectivity index (χ4v) is 6.12. The average Bonchev–Trinajstić information content (AvgIpc) is 2.85. The highest BCUT2D eigenvalue weighted by molar-refractivity contribution is 7.91. The van der Waals surface area contributed by atoms with Crippen molar-refractivity contribution >= 4 is 27.3 Å². The van der Waals surface area contributed by atoms with Crippen molar-refractivity contribution in [3.63, 3.8) is 0 Å². The molecule has 5 nitrogen and oxygen atoms in total. The van der Waals surface area contributed by atoms with E-state index >= 15 is 0 Å². The minimum absolute atomic E-state index is 0.0270. The second-order valence-corrected chi connectivity index (χ2v) is 8.85. The van der Waals surface area contributed by atoms with Gasteiger partial charge in [0.25, 0.3) is 10.0 Å². The predicted molar refractivity (Wildman–Crippen MR) is 77.1 cm³/mol. The number of fused-ring (bicyclic) bond motifs is 1. The molecule has 2 aliphatic rings. The fraction of sp³-hybridized carbons (Fsp3) is 0.615. The number of nitrogens with zero attached hydrogens (tertiary/aromatic N) is 1. The van der Waals surface area contributed by atoms with Gasteiger partial charge in [-0.2, -0.15) is 4.31 Å². The molecule has 1 saturated carbocycles. The molecule has 1 saturated heterocycles. The van der Waals surface area contributed by atoms with Gasteiger partial charge in [-0.05, 0) is 31.9 Å².